The maximum absolute atomic E-state index is 5.49. The number of hydrogen-bond donors (Lipinski definition) is 4. The van der Waals surface area contributed by atoms with Crippen LogP contribution in [0.1, 0.15) is 30.5 Å². The molecule has 0 aliphatic heterocycles. The molecule has 0 atom stereocenters. The molecule has 7 heteroatoms. The standard InChI is InChI=1S/C10H14N4O.C2H8N2.CH4/c1-7-11-3-9(13-7)5-15-6-10-4-12-8(2)14-10;3-1-2-4;/h3-4H,5-6H2,1-2H3,(H,11,13)(H,12,14);1-4H2;1H4. The highest BCUT2D eigenvalue weighted by Crippen LogP contribution is 2.02. The number of nitrogens with two attached hydrogens (primary N) is 2. The summed E-state index contributed by atoms with van der Waals surface area (Å²) in [7, 11) is 0. The van der Waals surface area contributed by atoms with Gasteiger partial charge in [0.1, 0.15) is 11.6 Å². The van der Waals surface area contributed by atoms with Gasteiger partial charge in [0.25, 0.3) is 0 Å². The predicted molar refractivity (Wildman–Crippen MR) is 80.0 cm³/mol. The van der Waals surface area contributed by atoms with Gasteiger partial charge < -0.3 is 26.2 Å². The van der Waals surface area contributed by atoms with Crippen molar-refractivity contribution in [2.45, 2.75) is 34.5 Å². The highest BCUT2D eigenvalue weighted by Gasteiger charge is 1.99. The van der Waals surface area contributed by atoms with E-state index in [0.717, 1.165) is 23.0 Å². The zero-order valence-electron chi connectivity index (χ0n) is 11.4. The number of nitrogens with one attached hydrogen (secondary N) is 2. The number of imidazole rings is 2. The summed E-state index contributed by atoms with van der Waals surface area (Å²) in [5.74, 6) is 1.82. The lowest BCUT2D eigenvalue weighted by Gasteiger charge is -1.99. The second-order valence-corrected chi connectivity index (χ2v) is 4.06. The van der Waals surface area contributed by atoms with E-state index < -0.39 is 0 Å². The molecule has 7 nitrogen and oxygen atoms in total. The second-order valence-electron chi connectivity index (χ2n) is 4.06. The Bertz CT molecular complexity index is 423. The summed E-state index contributed by atoms with van der Waals surface area (Å²) in [5.41, 5.74) is 11.8. The number of H-pyrrole nitrogens is 2. The van der Waals surface area contributed by atoms with Crippen LogP contribution in [0.2, 0.25) is 0 Å². The fourth-order valence-electron chi connectivity index (χ4n) is 1.36. The van der Waals surface area contributed by atoms with E-state index in [9.17, 15) is 0 Å². The Morgan fingerprint density at radius 2 is 1.35 bits per heavy atom. The average Bonchev–Trinajstić information content (AvgIpc) is 2.99. The predicted octanol–water partition coefficient (Wildman–Crippen LogP) is 1.01. The van der Waals surface area contributed by atoms with Crippen molar-refractivity contribution in [2.24, 2.45) is 11.5 Å². The van der Waals surface area contributed by atoms with E-state index in [-0.39, 0.29) is 7.43 Å². The van der Waals surface area contributed by atoms with Gasteiger partial charge in [-0.05, 0) is 13.8 Å². The molecule has 2 aromatic heterocycles. The van der Waals surface area contributed by atoms with Crippen molar-refractivity contribution in [1.29, 1.82) is 0 Å². The van der Waals surface area contributed by atoms with Crippen molar-refractivity contribution in [3.05, 3.63) is 35.4 Å². The Morgan fingerprint density at radius 1 is 0.950 bits per heavy atom. The third kappa shape index (κ3) is 7.03. The SMILES string of the molecule is C.Cc1ncc(COCc2cnc(C)[nH]2)[nH]1.NCCN. The van der Waals surface area contributed by atoms with Gasteiger partial charge in [0.2, 0.25) is 0 Å². The number of ether oxygens (including phenoxy) is 1. The van der Waals surface area contributed by atoms with Crippen LogP contribution in [-0.2, 0) is 18.0 Å². The van der Waals surface area contributed by atoms with Crippen molar-refractivity contribution in [3.63, 3.8) is 0 Å². The highest BCUT2D eigenvalue weighted by molar-refractivity contribution is 5.00. The van der Waals surface area contributed by atoms with Crippen LogP contribution in [0.3, 0.4) is 0 Å². The number of aromatic nitrogens is 4. The first-order valence-electron chi connectivity index (χ1n) is 6.14. The summed E-state index contributed by atoms with van der Waals surface area (Å²) in [6.45, 7) is 6.11. The summed E-state index contributed by atoms with van der Waals surface area (Å²) in [6.07, 6.45) is 3.57. The first kappa shape index (κ1) is 18.3. The van der Waals surface area contributed by atoms with Gasteiger partial charge in [-0.15, -0.1) is 0 Å². The van der Waals surface area contributed by atoms with E-state index >= 15 is 0 Å². The molecule has 0 aliphatic rings. The molecule has 0 saturated carbocycles. The number of nitrogens with zero attached hydrogens (tertiary/aromatic N) is 2. The molecule has 2 aromatic rings. The van der Waals surface area contributed by atoms with Crippen molar-refractivity contribution in [1.82, 2.24) is 19.9 Å². The zero-order chi connectivity index (χ0) is 14.1. The van der Waals surface area contributed by atoms with E-state index in [1.165, 1.54) is 0 Å². The molecular weight excluding hydrogens is 256 g/mol. The molecule has 20 heavy (non-hydrogen) atoms. The van der Waals surface area contributed by atoms with Crippen LogP contribution in [0.4, 0.5) is 0 Å². The Morgan fingerprint density at radius 3 is 1.60 bits per heavy atom. The minimum Gasteiger partial charge on any atom is -0.369 e. The third-order valence-electron chi connectivity index (χ3n) is 2.19. The van der Waals surface area contributed by atoms with Crippen LogP contribution in [0.15, 0.2) is 12.4 Å². The number of aromatic amines is 2. The smallest absolute Gasteiger partial charge is 0.103 e. The fourth-order valence-corrected chi connectivity index (χ4v) is 1.36. The molecule has 0 saturated heterocycles. The second kappa shape index (κ2) is 10.1. The molecule has 0 aliphatic carbocycles. The van der Waals surface area contributed by atoms with Gasteiger partial charge >= 0.3 is 0 Å². The summed E-state index contributed by atoms with van der Waals surface area (Å²) in [5, 5.41) is 0. The lowest BCUT2D eigenvalue weighted by molar-refractivity contribution is 0.102. The van der Waals surface area contributed by atoms with Gasteiger partial charge in [-0.25, -0.2) is 9.97 Å². The van der Waals surface area contributed by atoms with Crippen molar-refractivity contribution in [2.75, 3.05) is 13.1 Å². The largest absolute Gasteiger partial charge is 0.369 e. The van der Waals surface area contributed by atoms with E-state index in [1.54, 1.807) is 12.4 Å². The Labute approximate surface area is 120 Å². The van der Waals surface area contributed by atoms with Crippen LogP contribution >= 0.6 is 0 Å². The number of rotatable bonds is 5. The van der Waals surface area contributed by atoms with Gasteiger partial charge in [0.15, 0.2) is 0 Å². The summed E-state index contributed by atoms with van der Waals surface area (Å²) in [6, 6.07) is 0. The topological polar surface area (TPSA) is 119 Å². The van der Waals surface area contributed by atoms with Gasteiger partial charge in [0, 0.05) is 13.1 Å². The Balaban J connectivity index is 0.000000644. The molecule has 0 amide bonds. The van der Waals surface area contributed by atoms with Gasteiger partial charge in [-0.3, -0.25) is 0 Å². The third-order valence-corrected chi connectivity index (χ3v) is 2.19. The quantitative estimate of drug-likeness (QED) is 0.652. The van der Waals surface area contributed by atoms with Crippen LogP contribution < -0.4 is 11.5 Å². The van der Waals surface area contributed by atoms with Crippen LogP contribution in [0.5, 0.6) is 0 Å². The first-order valence-corrected chi connectivity index (χ1v) is 6.14. The zero-order valence-corrected chi connectivity index (χ0v) is 11.4. The van der Waals surface area contributed by atoms with E-state index in [0.29, 0.717) is 26.3 Å². The highest BCUT2D eigenvalue weighted by atomic mass is 16.5. The molecule has 0 fully saturated rings. The van der Waals surface area contributed by atoms with Crippen LogP contribution in [0, 0.1) is 13.8 Å². The molecule has 6 N–H and O–H groups in total. The lowest BCUT2D eigenvalue weighted by Crippen LogP contribution is -2.11. The lowest BCUT2D eigenvalue weighted by atomic mass is 10.5. The molecule has 2 rings (SSSR count). The first-order chi connectivity index (χ1) is 9.15. The van der Waals surface area contributed by atoms with Crippen LogP contribution in [0.25, 0.3) is 0 Å². The van der Waals surface area contributed by atoms with Gasteiger partial charge in [-0.2, -0.15) is 0 Å². The molecule has 0 bridgehead atoms. The maximum Gasteiger partial charge on any atom is 0.103 e. The van der Waals surface area contributed by atoms with E-state index in [1.807, 2.05) is 13.8 Å². The molecule has 0 spiro atoms. The summed E-state index contributed by atoms with van der Waals surface area (Å²) in [4.78, 5) is 14.4. The molecule has 0 unspecified atom stereocenters. The maximum atomic E-state index is 5.49. The molecular formula is C13H26N6O. The minimum absolute atomic E-state index is 0. The molecule has 114 valence electrons. The average molecular weight is 282 g/mol. The fraction of sp³-hybridized carbons (Fsp3) is 0.538. The minimum atomic E-state index is 0. The van der Waals surface area contributed by atoms with Gasteiger partial charge in [0.05, 0.1) is 37.0 Å². The Kier molecular flexibility index (Phi) is 9.27. The van der Waals surface area contributed by atoms with Crippen molar-refractivity contribution >= 4 is 0 Å². The van der Waals surface area contributed by atoms with Gasteiger partial charge in [-0.1, -0.05) is 7.43 Å². The monoisotopic (exact) mass is 282 g/mol. The van der Waals surface area contributed by atoms with E-state index in [4.69, 9.17) is 16.2 Å². The number of aryl methyl sites for hydroxylation is 2. The van der Waals surface area contributed by atoms with E-state index in [2.05, 4.69) is 19.9 Å². The van der Waals surface area contributed by atoms with Crippen LogP contribution in [-0.4, -0.2) is 33.0 Å². The summed E-state index contributed by atoms with van der Waals surface area (Å²) < 4.78 is 5.49. The molecule has 2 heterocycles. The Hall–Kier alpha value is -1.70. The molecule has 0 aromatic carbocycles. The molecule has 0 radical (unpaired) electrons. The normalized spacial score (nSPS) is 9.60. The number of hydrogen-bond acceptors (Lipinski definition) is 5. The van der Waals surface area contributed by atoms with Crippen molar-refractivity contribution in [3.8, 4) is 0 Å². The van der Waals surface area contributed by atoms with Crippen molar-refractivity contribution < 1.29 is 4.74 Å². The summed E-state index contributed by atoms with van der Waals surface area (Å²) >= 11 is 0.